The third kappa shape index (κ3) is 9.03. The highest BCUT2D eigenvalue weighted by Crippen LogP contribution is 2.56. The van der Waals surface area contributed by atoms with Crippen molar-refractivity contribution >= 4 is 44.4 Å². The maximum absolute atomic E-state index is 3.78. The summed E-state index contributed by atoms with van der Waals surface area (Å²) < 4.78 is 1.09. The summed E-state index contributed by atoms with van der Waals surface area (Å²) in [6.07, 6.45) is 18.1. The normalized spacial score (nSPS) is 12.8. The SMILES string of the molecule is CCCCCCCCC1(CCCCCCCC)c2cc(Nc3ccc(C)cc3)ccc2-c2ccc(N(c3ccc(C)cc3)c3ccc(Br)cc3)cc21. The molecular formula is C49H59BrN2. The maximum atomic E-state index is 3.78. The van der Waals surface area contributed by atoms with Crippen LogP contribution in [-0.2, 0) is 5.41 Å². The zero-order valence-corrected chi connectivity index (χ0v) is 33.7. The van der Waals surface area contributed by atoms with Crippen molar-refractivity contribution in [2.45, 2.75) is 123 Å². The predicted octanol–water partition coefficient (Wildman–Crippen LogP) is 16.0. The first kappa shape index (κ1) is 37.9. The number of hydrogen-bond acceptors (Lipinski definition) is 2. The van der Waals surface area contributed by atoms with Crippen LogP contribution in [0.1, 0.15) is 126 Å². The molecule has 6 rings (SSSR count). The van der Waals surface area contributed by atoms with Crippen LogP contribution in [0.4, 0.5) is 28.4 Å². The number of unbranched alkanes of at least 4 members (excludes halogenated alkanes) is 10. The van der Waals surface area contributed by atoms with Gasteiger partial charge in [0.05, 0.1) is 0 Å². The largest absolute Gasteiger partial charge is 0.356 e. The van der Waals surface area contributed by atoms with Crippen molar-refractivity contribution in [2.24, 2.45) is 0 Å². The van der Waals surface area contributed by atoms with E-state index in [1.54, 1.807) is 0 Å². The Kier molecular flexibility index (Phi) is 13.3. The highest BCUT2D eigenvalue weighted by Gasteiger charge is 2.43. The van der Waals surface area contributed by atoms with E-state index >= 15 is 0 Å². The molecule has 0 atom stereocenters. The molecule has 0 radical (unpaired) electrons. The van der Waals surface area contributed by atoms with Crippen LogP contribution in [0.5, 0.6) is 0 Å². The highest BCUT2D eigenvalue weighted by molar-refractivity contribution is 9.10. The Hall–Kier alpha value is -3.82. The number of hydrogen-bond donors (Lipinski definition) is 1. The van der Waals surface area contributed by atoms with Gasteiger partial charge in [-0.3, -0.25) is 0 Å². The number of fused-ring (bicyclic) bond motifs is 3. The Balaban J connectivity index is 1.45. The molecule has 0 aromatic heterocycles. The molecule has 0 fully saturated rings. The van der Waals surface area contributed by atoms with E-state index in [2.05, 4.69) is 163 Å². The van der Waals surface area contributed by atoms with Gasteiger partial charge in [-0.1, -0.05) is 154 Å². The number of rotatable bonds is 19. The molecule has 0 aliphatic heterocycles. The van der Waals surface area contributed by atoms with Crippen molar-refractivity contribution in [1.82, 2.24) is 0 Å². The molecule has 5 aromatic carbocycles. The average Bonchev–Trinajstić information content (AvgIpc) is 3.42. The minimum atomic E-state index is -0.0280. The van der Waals surface area contributed by atoms with Crippen LogP contribution in [0.15, 0.2) is 114 Å². The fourth-order valence-corrected chi connectivity index (χ4v) is 8.58. The summed E-state index contributed by atoms with van der Waals surface area (Å²) in [4.78, 5) is 2.44. The molecule has 0 bridgehead atoms. The zero-order chi connectivity index (χ0) is 36.3. The van der Waals surface area contributed by atoms with Gasteiger partial charge < -0.3 is 10.2 Å². The summed E-state index contributed by atoms with van der Waals surface area (Å²) >= 11 is 3.68. The summed E-state index contributed by atoms with van der Waals surface area (Å²) in [5.41, 5.74) is 14.3. The molecule has 5 aromatic rings. The number of nitrogens with zero attached hydrogens (tertiary/aromatic N) is 1. The van der Waals surface area contributed by atoms with Gasteiger partial charge in [0.15, 0.2) is 0 Å². The second kappa shape index (κ2) is 18.3. The van der Waals surface area contributed by atoms with E-state index in [9.17, 15) is 0 Å². The lowest BCUT2D eigenvalue weighted by Gasteiger charge is -2.34. The molecule has 2 nitrogen and oxygen atoms in total. The molecule has 0 spiro atoms. The Morgan fingerprint density at radius 2 is 0.923 bits per heavy atom. The smallest absolute Gasteiger partial charge is 0.0465 e. The summed E-state index contributed by atoms with van der Waals surface area (Å²) in [6.45, 7) is 8.95. The summed E-state index contributed by atoms with van der Waals surface area (Å²) in [5, 5.41) is 3.78. The summed E-state index contributed by atoms with van der Waals surface area (Å²) in [5.74, 6) is 0. The van der Waals surface area contributed by atoms with Crippen LogP contribution < -0.4 is 10.2 Å². The van der Waals surface area contributed by atoms with Crippen LogP contribution >= 0.6 is 15.9 Å². The molecular weight excluding hydrogens is 696 g/mol. The number of halogens is 1. The molecule has 1 aliphatic carbocycles. The van der Waals surface area contributed by atoms with Gasteiger partial charge in [-0.25, -0.2) is 0 Å². The Morgan fingerprint density at radius 3 is 1.50 bits per heavy atom. The van der Waals surface area contributed by atoms with E-state index < -0.39 is 0 Å². The number of nitrogens with one attached hydrogen (secondary N) is 1. The Bertz CT molecular complexity index is 1790. The maximum Gasteiger partial charge on any atom is 0.0465 e. The van der Waals surface area contributed by atoms with Crippen molar-refractivity contribution in [1.29, 1.82) is 0 Å². The molecule has 52 heavy (non-hydrogen) atoms. The summed E-state index contributed by atoms with van der Waals surface area (Å²) in [6, 6.07) is 41.1. The minimum Gasteiger partial charge on any atom is -0.356 e. The van der Waals surface area contributed by atoms with Crippen LogP contribution in [0.25, 0.3) is 11.1 Å². The molecule has 3 heteroatoms. The monoisotopic (exact) mass is 754 g/mol. The molecule has 0 unspecified atom stereocenters. The quantitative estimate of drug-likeness (QED) is 0.0845. The molecule has 0 amide bonds. The molecule has 272 valence electrons. The van der Waals surface area contributed by atoms with E-state index in [1.165, 1.54) is 146 Å². The van der Waals surface area contributed by atoms with Gasteiger partial charge in [-0.15, -0.1) is 0 Å². The van der Waals surface area contributed by atoms with Crippen molar-refractivity contribution in [3.05, 3.63) is 136 Å². The van der Waals surface area contributed by atoms with Gasteiger partial charge in [-0.2, -0.15) is 0 Å². The molecule has 0 saturated carbocycles. The lowest BCUT2D eigenvalue weighted by Crippen LogP contribution is -2.26. The van der Waals surface area contributed by atoms with Gasteiger partial charge in [-0.05, 0) is 122 Å². The van der Waals surface area contributed by atoms with Gasteiger partial charge in [0, 0.05) is 38.3 Å². The first-order valence-electron chi connectivity index (χ1n) is 20.2. The van der Waals surface area contributed by atoms with Gasteiger partial charge in [0.25, 0.3) is 0 Å². The second-order valence-electron chi connectivity index (χ2n) is 15.2. The van der Waals surface area contributed by atoms with E-state index in [1.807, 2.05) is 0 Å². The lowest BCUT2D eigenvalue weighted by atomic mass is 9.70. The Labute approximate surface area is 323 Å². The zero-order valence-electron chi connectivity index (χ0n) is 32.1. The third-order valence-electron chi connectivity index (χ3n) is 11.2. The average molecular weight is 756 g/mol. The van der Waals surface area contributed by atoms with Crippen molar-refractivity contribution in [3.63, 3.8) is 0 Å². The second-order valence-corrected chi connectivity index (χ2v) is 16.2. The topological polar surface area (TPSA) is 15.3 Å². The van der Waals surface area contributed by atoms with Gasteiger partial charge in [0.2, 0.25) is 0 Å². The van der Waals surface area contributed by atoms with Crippen LogP contribution in [0, 0.1) is 13.8 Å². The summed E-state index contributed by atoms with van der Waals surface area (Å²) in [7, 11) is 0. The first-order valence-corrected chi connectivity index (χ1v) is 21.0. The fraction of sp³-hybridized carbons (Fsp3) is 0.388. The standard InChI is InChI=1S/C49H59BrN2/c1-5-7-9-11-13-15-33-49(34-16-14-12-10-8-6-2)47-35-41(51-40-23-17-37(3)18-24-40)25-31-45(47)46-32-30-44(36-48(46)49)52(42-26-19-38(4)20-27-42)43-28-21-39(50)22-29-43/h17-32,35-36,51H,5-16,33-34H2,1-4H3. The number of aryl methyl sites for hydroxylation is 2. The third-order valence-corrected chi connectivity index (χ3v) is 11.8. The predicted molar refractivity (Wildman–Crippen MR) is 230 cm³/mol. The van der Waals surface area contributed by atoms with Crippen molar-refractivity contribution in [2.75, 3.05) is 10.2 Å². The van der Waals surface area contributed by atoms with Crippen molar-refractivity contribution in [3.8, 4) is 11.1 Å². The van der Waals surface area contributed by atoms with E-state index in [4.69, 9.17) is 0 Å². The fourth-order valence-electron chi connectivity index (χ4n) is 8.31. The van der Waals surface area contributed by atoms with Crippen molar-refractivity contribution < 1.29 is 0 Å². The highest BCUT2D eigenvalue weighted by atomic mass is 79.9. The number of anilines is 5. The van der Waals surface area contributed by atoms with Gasteiger partial charge in [0.1, 0.15) is 0 Å². The molecule has 0 heterocycles. The minimum absolute atomic E-state index is 0.0280. The molecule has 0 saturated heterocycles. The van der Waals surface area contributed by atoms with Crippen LogP contribution in [-0.4, -0.2) is 0 Å². The number of benzene rings is 5. The van der Waals surface area contributed by atoms with E-state index in [0.717, 1.165) is 10.2 Å². The molecule has 1 N–H and O–H groups in total. The first-order chi connectivity index (χ1) is 25.4. The van der Waals surface area contributed by atoms with E-state index in [-0.39, 0.29) is 5.41 Å². The van der Waals surface area contributed by atoms with Gasteiger partial charge >= 0.3 is 0 Å². The molecule has 1 aliphatic rings. The van der Waals surface area contributed by atoms with Crippen LogP contribution in [0.2, 0.25) is 0 Å². The van der Waals surface area contributed by atoms with E-state index in [0.29, 0.717) is 0 Å². The lowest BCUT2D eigenvalue weighted by molar-refractivity contribution is 0.398. The van der Waals surface area contributed by atoms with Crippen LogP contribution in [0.3, 0.4) is 0 Å². The Morgan fingerprint density at radius 1 is 0.481 bits per heavy atom.